The van der Waals surface area contributed by atoms with E-state index in [0.29, 0.717) is 24.7 Å². The van der Waals surface area contributed by atoms with Crippen LogP contribution in [-0.4, -0.2) is 24.3 Å². The van der Waals surface area contributed by atoms with Crippen molar-refractivity contribution < 1.29 is 9.47 Å². The van der Waals surface area contributed by atoms with Crippen molar-refractivity contribution in [3.05, 3.63) is 22.8 Å². The summed E-state index contributed by atoms with van der Waals surface area (Å²) in [5.74, 6) is 0.344. The summed E-state index contributed by atoms with van der Waals surface area (Å²) in [5, 5.41) is 8.99. The van der Waals surface area contributed by atoms with Crippen LogP contribution < -0.4 is 4.74 Å². The molecule has 1 heterocycles. The van der Waals surface area contributed by atoms with E-state index in [2.05, 4.69) is 4.98 Å². The highest BCUT2D eigenvalue weighted by Gasteiger charge is 2.07. The van der Waals surface area contributed by atoms with Crippen LogP contribution in [0, 0.1) is 11.3 Å². The second-order valence-electron chi connectivity index (χ2n) is 3.22. The maximum atomic E-state index is 8.75. The first-order valence-electron chi connectivity index (χ1n) is 4.97. The summed E-state index contributed by atoms with van der Waals surface area (Å²) < 4.78 is 10.7. The largest absolute Gasteiger partial charge is 0.472 e. The molecule has 1 aromatic rings. The minimum absolute atomic E-state index is 0.127. The van der Waals surface area contributed by atoms with Gasteiger partial charge in [-0.2, -0.15) is 5.26 Å². The molecule has 1 aromatic heterocycles. The van der Waals surface area contributed by atoms with Crippen LogP contribution in [0.3, 0.4) is 0 Å². The van der Waals surface area contributed by atoms with Gasteiger partial charge in [-0.3, -0.25) is 0 Å². The molecular formula is C11H13ClN2O2. The maximum Gasteiger partial charge on any atom is 0.216 e. The minimum Gasteiger partial charge on any atom is -0.472 e. The Morgan fingerprint density at radius 3 is 2.94 bits per heavy atom. The lowest BCUT2D eigenvalue weighted by Gasteiger charge is -2.13. The van der Waals surface area contributed by atoms with Crippen molar-refractivity contribution in [3.63, 3.8) is 0 Å². The number of halogens is 1. The molecule has 0 aliphatic rings. The Morgan fingerprint density at radius 2 is 2.31 bits per heavy atom. The van der Waals surface area contributed by atoms with Crippen LogP contribution in [0.1, 0.15) is 19.4 Å². The van der Waals surface area contributed by atoms with Crippen molar-refractivity contribution in [2.75, 3.05) is 13.2 Å². The third-order valence-electron chi connectivity index (χ3n) is 1.78. The van der Waals surface area contributed by atoms with Gasteiger partial charge in [0.05, 0.1) is 18.2 Å². The van der Waals surface area contributed by atoms with E-state index in [1.165, 1.54) is 6.07 Å². The van der Waals surface area contributed by atoms with E-state index in [0.717, 1.165) is 0 Å². The van der Waals surface area contributed by atoms with Crippen molar-refractivity contribution >= 4 is 11.6 Å². The predicted molar refractivity (Wildman–Crippen MR) is 60.5 cm³/mol. The molecule has 0 N–H and O–H groups in total. The smallest absolute Gasteiger partial charge is 0.216 e. The molecule has 1 atom stereocenters. The van der Waals surface area contributed by atoms with Gasteiger partial charge in [0.25, 0.3) is 0 Å². The zero-order chi connectivity index (χ0) is 12.0. The fourth-order valence-corrected chi connectivity index (χ4v) is 1.32. The predicted octanol–water partition coefficient (Wildman–Crippen LogP) is 2.41. The van der Waals surface area contributed by atoms with Crippen molar-refractivity contribution in [2.24, 2.45) is 0 Å². The lowest BCUT2D eigenvalue weighted by Crippen LogP contribution is -2.19. The lowest BCUT2D eigenvalue weighted by atomic mass is 10.3. The van der Waals surface area contributed by atoms with Gasteiger partial charge >= 0.3 is 0 Å². The molecular weight excluding hydrogens is 228 g/mol. The first kappa shape index (κ1) is 12.8. The number of nitriles is 1. The van der Waals surface area contributed by atoms with E-state index in [1.807, 2.05) is 19.9 Å². The first-order valence-corrected chi connectivity index (χ1v) is 5.35. The number of aromatic nitrogens is 1. The zero-order valence-electron chi connectivity index (χ0n) is 9.24. The van der Waals surface area contributed by atoms with Crippen molar-refractivity contribution in [1.82, 2.24) is 4.98 Å². The molecule has 1 rings (SSSR count). The normalized spacial score (nSPS) is 11.9. The molecule has 0 amide bonds. The Kier molecular flexibility index (Phi) is 5.03. The summed E-state index contributed by atoms with van der Waals surface area (Å²) in [4.78, 5) is 3.97. The van der Waals surface area contributed by atoms with Crippen LogP contribution in [0.15, 0.2) is 12.1 Å². The molecule has 86 valence electrons. The van der Waals surface area contributed by atoms with Crippen LogP contribution in [-0.2, 0) is 4.74 Å². The summed E-state index contributed by atoms with van der Waals surface area (Å²) in [7, 11) is 0. The van der Waals surface area contributed by atoms with Gasteiger partial charge in [0.15, 0.2) is 0 Å². The summed E-state index contributed by atoms with van der Waals surface area (Å²) in [5.41, 5.74) is 0.429. The van der Waals surface area contributed by atoms with Gasteiger partial charge in [0, 0.05) is 12.7 Å². The third kappa shape index (κ3) is 4.05. The van der Waals surface area contributed by atoms with Crippen molar-refractivity contribution in [3.8, 4) is 11.9 Å². The fraction of sp³-hybridized carbons (Fsp3) is 0.455. The second kappa shape index (κ2) is 6.31. The molecule has 0 saturated heterocycles. The minimum atomic E-state index is -0.127. The van der Waals surface area contributed by atoms with Crippen LogP contribution >= 0.6 is 11.6 Å². The summed E-state index contributed by atoms with van der Waals surface area (Å²) in [6, 6.07) is 5.03. The number of nitrogens with zero attached hydrogens (tertiary/aromatic N) is 2. The molecule has 0 aromatic carbocycles. The molecule has 1 unspecified atom stereocenters. The molecule has 5 heteroatoms. The van der Waals surface area contributed by atoms with Crippen molar-refractivity contribution in [2.45, 2.75) is 20.0 Å². The van der Waals surface area contributed by atoms with Gasteiger partial charge in [-0.1, -0.05) is 11.6 Å². The molecule has 0 aliphatic heterocycles. The average molecular weight is 241 g/mol. The van der Waals surface area contributed by atoms with Gasteiger partial charge in [-0.15, -0.1) is 0 Å². The van der Waals surface area contributed by atoms with Crippen LogP contribution in [0.4, 0.5) is 0 Å². The SMILES string of the molecule is CCOCC(C)Oc1cc(C#N)cc(Cl)n1. The molecule has 16 heavy (non-hydrogen) atoms. The highest BCUT2D eigenvalue weighted by Crippen LogP contribution is 2.16. The van der Waals surface area contributed by atoms with Crippen LogP contribution in [0.2, 0.25) is 5.15 Å². The molecule has 0 fully saturated rings. The van der Waals surface area contributed by atoms with E-state index >= 15 is 0 Å². The van der Waals surface area contributed by atoms with E-state index < -0.39 is 0 Å². The molecule has 0 radical (unpaired) electrons. The van der Waals surface area contributed by atoms with Gasteiger partial charge in [0.1, 0.15) is 11.3 Å². The van der Waals surface area contributed by atoms with Gasteiger partial charge < -0.3 is 9.47 Å². The fourth-order valence-electron chi connectivity index (χ4n) is 1.12. The number of ether oxygens (including phenoxy) is 2. The zero-order valence-corrected chi connectivity index (χ0v) is 9.99. The number of pyridine rings is 1. The monoisotopic (exact) mass is 240 g/mol. The number of hydrogen-bond acceptors (Lipinski definition) is 4. The summed E-state index contributed by atoms with van der Waals surface area (Å²) >= 11 is 5.74. The Hall–Kier alpha value is -1.31. The van der Waals surface area contributed by atoms with Crippen LogP contribution in [0.5, 0.6) is 5.88 Å². The van der Waals surface area contributed by atoms with Crippen LogP contribution in [0.25, 0.3) is 0 Å². The second-order valence-corrected chi connectivity index (χ2v) is 3.60. The summed E-state index contributed by atoms with van der Waals surface area (Å²) in [6.45, 7) is 4.90. The van der Waals surface area contributed by atoms with E-state index in [1.54, 1.807) is 6.07 Å². The molecule has 0 saturated carbocycles. The standard InChI is InChI=1S/C11H13ClN2O2/c1-3-15-7-8(2)16-11-5-9(6-13)4-10(12)14-11/h4-5,8H,3,7H2,1-2H3. The highest BCUT2D eigenvalue weighted by molar-refractivity contribution is 6.29. The van der Waals surface area contributed by atoms with E-state index in [4.69, 9.17) is 26.3 Å². The highest BCUT2D eigenvalue weighted by atomic mass is 35.5. The third-order valence-corrected chi connectivity index (χ3v) is 1.97. The van der Waals surface area contributed by atoms with Gasteiger partial charge in [-0.25, -0.2) is 4.98 Å². The van der Waals surface area contributed by atoms with Gasteiger partial charge in [0.2, 0.25) is 5.88 Å². The number of rotatable bonds is 5. The number of hydrogen-bond donors (Lipinski definition) is 0. The molecule has 0 bridgehead atoms. The van der Waals surface area contributed by atoms with E-state index in [-0.39, 0.29) is 11.3 Å². The van der Waals surface area contributed by atoms with E-state index in [9.17, 15) is 0 Å². The first-order chi connectivity index (χ1) is 7.65. The average Bonchev–Trinajstić information content (AvgIpc) is 2.25. The Labute approximate surface area is 99.8 Å². The quantitative estimate of drug-likeness (QED) is 0.742. The summed E-state index contributed by atoms with van der Waals surface area (Å²) in [6.07, 6.45) is -0.127. The molecule has 4 nitrogen and oxygen atoms in total. The Morgan fingerprint density at radius 1 is 1.56 bits per heavy atom. The Bertz CT molecular complexity index is 390. The van der Waals surface area contributed by atoms with Crippen molar-refractivity contribution in [1.29, 1.82) is 5.26 Å². The topological polar surface area (TPSA) is 55.1 Å². The molecule has 0 aliphatic carbocycles. The van der Waals surface area contributed by atoms with Gasteiger partial charge in [-0.05, 0) is 19.9 Å². The Balaban J connectivity index is 2.66. The maximum absolute atomic E-state index is 8.75. The molecule has 0 spiro atoms. The lowest BCUT2D eigenvalue weighted by molar-refractivity contribution is 0.0633.